The monoisotopic (exact) mass is 304 g/mol. The third kappa shape index (κ3) is 4.08. The van der Waals surface area contributed by atoms with Crippen molar-refractivity contribution >= 4 is 17.3 Å². The van der Waals surface area contributed by atoms with E-state index in [0.717, 1.165) is 29.7 Å². The summed E-state index contributed by atoms with van der Waals surface area (Å²) in [6.45, 7) is 4.59. The first-order valence-corrected chi connectivity index (χ1v) is 8.02. The molecule has 0 unspecified atom stereocenters. The van der Waals surface area contributed by atoms with Gasteiger partial charge in [-0.05, 0) is 30.0 Å². The fourth-order valence-corrected chi connectivity index (χ4v) is 3.12. The first-order chi connectivity index (χ1) is 10.1. The fourth-order valence-electron chi connectivity index (χ4n) is 2.08. The molecule has 0 aliphatic rings. The number of hydrogen-bond acceptors (Lipinski definition) is 3. The largest absolute Gasteiger partial charge is 0.487 e. The Hall–Kier alpha value is -1.81. The number of hydrogen-bond donors (Lipinski definition) is 1. The van der Waals surface area contributed by atoms with Gasteiger partial charge in [-0.1, -0.05) is 44.5 Å². The average molecular weight is 304 g/mol. The van der Waals surface area contributed by atoms with Crippen LogP contribution in [0.2, 0.25) is 0 Å². The molecule has 0 radical (unpaired) electrons. The molecular formula is C17H20O3S. The van der Waals surface area contributed by atoms with Crippen molar-refractivity contribution in [2.75, 3.05) is 0 Å². The highest BCUT2D eigenvalue weighted by Gasteiger charge is 2.16. The highest BCUT2D eigenvalue weighted by Crippen LogP contribution is 2.31. The van der Waals surface area contributed by atoms with Gasteiger partial charge in [0.15, 0.2) is 4.88 Å². The van der Waals surface area contributed by atoms with Crippen LogP contribution in [0.25, 0.3) is 0 Å². The molecule has 2 aromatic rings. The molecule has 0 spiro atoms. The van der Waals surface area contributed by atoms with E-state index in [2.05, 4.69) is 26.0 Å². The maximum absolute atomic E-state index is 11.3. The van der Waals surface area contributed by atoms with Crippen molar-refractivity contribution in [3.63, 3.8) is 0 Å². The van der Waals surface area contributed by atoms with E-state index >= 15 is 0 Å². The number of rotatable bonds is 7. The molecule has 0 atom stereocenters. The van der Waals surface area contributed by atoms with Crippen LogP contribution in [0.4, 0.5) is 0 Å². The number of ether oxygens (including phenoxy) is 1. The molecule has 1 aromatic heterocycles. The molecule has 0 saturated heterocycles. The second-order valence-corrected chi connectivity index (χ2v) is 6.06. The summed E-state index contributed by atoms with van der Waals surface area (Å²) in [5, 5.41) is 9.24. The summed E-state index contributed by atoms with van der Waals surface area (Å²) in [6, 6.07) is 10.1. The first-order valence-electron chi connectivity index (χ1n) is 7.20. The Bertz CT molecular complexity index is 599. The van der Waals surface area contributed by atoms with Crippen molar-refractivity contribution in [2.24, 2.45) is 0 Å². The van der Waals surface area contributed by atoms with Crippen LogP contribution in [0.15, 0.2) is 30.3 Å². The third-order valence-corrected chi connectivity index (χ3v) is 4.43. The normalized spacial score (nSPS) is 10.6. The summed E-state index contributed by atoms with van der Waals surface area (Å²) in [7, 11) is 0. The van der Waals surface area contributed by atoms with Crippen molar-refractivity contribution in [1.82, 2.24) is 0 Å². The summed E-state index contributed by atoms with van der Waals surface area (Å²) in [5.74, 6) is -0.436. The van der Waals surface area contributed by atoms with Gasteiger partial charge in [-0.15, -0.1) is 11.3 Å². The molecule has 3 nitrogen and oxygen atoms in total. The minimum absolute atomic E-state index is 0.295. The van der Waals surface area contributed by atoms with Gasteiger partial charge in [0, 0.05) is 4.88 Å². The SMILES string of the molecule is CCCc1cc(OCc2ccc(CC)cc2)c(C(=O)O)s1. The van der Waals surface area contributed by atoms with Crippen molar-refractivity contribution in [3.8, 4) is 5.75 Å². The van der Waals surface area contributed by atoms with Gasteiger partial charge in [0.05, 0.1) is 0 Å². The molecule has 0 amide bonds. The topological polar surface area (TPSA) is 46.5 Å². The van der Waals surface area contributed by atoms with Crippen LogP contribution in [0.5, 0.6) is 5.75 Å². The Labute approximate surface area is 129 Å². The van der Waals surface area contributed by atoms with Gasteiger partial charge in [-0.2, -0.15) is 0 Å². The first kappa shape index (κ1) is 15.6. The van der Waals surface area contributed by atoms with Crippen LogP contribution in [-0.2, 0) is 19.4 Å². The average Bonchev–Trinajstić information content (AvgIpc) is 2.89. The second kappa shape index (κ2) is 7.27. The predicted molar refractivity (Wildman–Crippen MR) is 85.4 cm³/mol. The van der Waals surface area contributed by atoms with Crippen LogP contribution in [0, 0.1) is 0 Å². The molecule has 0 bridgehead atoms. The molecule has 0 aliphatic carbocycles. The van der Waals surface area contributed by atoms with E-state index in [-0.39, 0.29) is 0 Å². The van der Waals surface area contributed by atoms with Gasteiger partial charge in [-0.25, -0.2) is 4.79 Å². The molecular weight excluding hydrogens is 284 g/mol. The molecule has 112 valence electrons. The Morgan fingerprint density at radius 1 is 1.19 bits per heavy atom. The summed E-state index contributed by atoms with van der Waals surface area (Å²) < 4.78 is 5.71. The zero-order valence-electron chi connectivity index (χ0n) is 12.4. The van der Waals surface area contributed by atoms with E-state index in [4.69, 9.17) is 4.74 Å². The van der Waals surface area contributed by atoms with Gasteiger partial charge >= 0.3 is 5.97 Å². The number of thiophene rings is 1. The number of carboxylic acid groups (broad SMARTS) is 1. The number of aryl methyl sites for hydroxylation is 2. The maximum atomic E-state index is 11.3. The van der Waals surface area contributed by atoms with Gasteiger partial charge in [0.25, 0.3) is 0 Å². The Morgan fingerprint density at radius 2 is 1.86 bits per heavy atom. The van der Waals surface area contributed by atoms with Crippen molar-refractivity contribution < 1.29 is 14.6 Å². The lowest BCUT2D eigenvalue weighted by Crippen LogP contribution is -2.00. The van der Waals surface area contributed by atoms with Crippen LogP contribution in [0.1, 0.15) is 45.9 Å². The number of aromatic carboxylic acids is 1. The lowest BCUT2D eigenvalue weighted by atomic mass is 10.1. The maximum Gasteiger partial charge on any atom is 0.349 e. The van der Waals surface area contributed by atoms with Crippen LogP contribution in [-0.4, -0.2) is 11.1 Å². The zero-order valence-corrected chi connectivity index (χ0v) is 13.2. The smallest absolute Gasteiger partial charge is 0.349 e. The van der Waals surface area contributed by atoms with Gasteiger partial charge in [0.1, 0.15) is 12.4 Å². The highest BCUT2D eigenvalue weighted by molar-refractivity contribution is 7.14. The van der Waals surface area contributed by atoms with Crippen molar-refractivity contribution in [2.45, 2.75) is 39.7 Å². The van der Waals surface area contributed by atoms with E-state index in [1.807, 2.05) is 18.2 Å². The highest BCUT2D eigenvalue weighted by atomic mass is 32.1. The van der Waals surface area contributed by atoms with Crippen LogP contribution < -0.4 is 4.74 Å². The minimum atomic E-state index is -0.918. The van der Waals surface area contributed by atoms with E-state index in [9.17, 15) is 9.90 Å². The summed E-state index contributed by atoms with van der Waals surface area (Å²) in [6.07, 6.45) is 2.90. The lowest BCUT2D eigenvalue weighted by Gasteiger charge is -2.06. The Kier molecular flexibility index (Phi) is 5.39. The molecule has 1 heterocycles. The standard InChI is InChI=1S/C17H20O3S/c1-3-5-14-10-15(16(21-14)17(18)19)20-11-13-8-6-12(4-2)7-9-13/h6-10H,3-5,11H2,1-2H3,(H,18,19). The molecule has 0 fully saturated rings. The van der Waals surface area contributed by atoms with E-state index < -0.39 is 5.97 Å². The second-order valence-electron chi connectivity index (χ2n) is 4.92. The van der Waals surface area contributed by atoms with E-state index in [1.54, 1.807) is 0 Å². The molecule has 1 aromatic carbocycles. The predicted octanol–water partition coefficient (Wildman–Crippen LogP) is 4.54. The quantitative estimate of drug-likeness (QED) is 0.817. The number of carbonyl (C=O) groups is 1. The van der Waals surface area contributed by atoms with Crippen molar-refractivity contribution in [1.29, 1.82) is 0 Å². The van der Waals surface area contributed by atoms with Gasteiger partial charge in [0.2, 0.25) is 0 Å². The summed E-state index contributed by atoms with van der Waals surface area (Å²) in [5.41, 5.74) is 2.33. The molecule has 0 aliphatic heterocycles. The molecule has 0 saturated carbocycles. The molecule has 2 rings (SSSR count). The van der Waals surface area contributed by atoms with E-state index in [0.29, 0.717) is 17.2 Å². The minimum Gasteiger partial charge on any atom is -0.487 e. The van der Waals surface area contributed by atoms with Crippen molar-refractivity contribution in [3.05, 3.63) is 51.2 Å². The van der Waals surface area contributed by atoms with Crippen LogP contribution >= 0.6 is 11.3 Å². The van der Waals surface area contributed by atoms with Gasteiger partial charge in [-0.3, -0.25) is 0 Å². The van der Waals surface area contributed by atoms with Gasteiger partial charge < -0.3 is 9.84 Å². The summed E-state index contributed by atoms with van der Waals surface area (Å²) in [4.78, 5) is 12.6. The number of carboxylic acids is 1. The Balaban J connectivity index is 2.08. The molecule has 21 heavy (non-hydrogen) atoms. The molecule has 1 N–H and O–H groups in total. The Morgan fingerprint density at radius 3 is 2.43 bits per heavy atom. The zero-order chi connectivity index (χ0) is 15.2. The number of benzene rings is 1. The lowest BCUT2D eigenvalue weighted by molar-refractivity contribution is 0.0697. The van der Waals surface area contributed by atoms with E-state index in [1.165, 1.54) is 16.9 Å². The third-order valence-electron chi connectivity index (χ3n) is 3.27. The summed E-state index contributed by atoms with van der Waals surface area (Å²) >= 11 is 1.31. The van der Waals surface area contributed by atoms with Crippen LogP contribution in [0.3, 0.4) is 0 Å². The fraction of sp³-hybridized carbons (Fsp3) is 0.353. The molecule has 4 heteroatoms.